The number of rotatable bonds is 4. The standard InChI is InChI=1S/C14H15N3O2/c15-9-12(8-11-3-5-16-6-4-11)14(18)17-10-13-2-1-7-19-13/h3-6,8,13H,1-2,7,10H2,(H,17,18)/b12-8-. The Labute approximate surface area is 111 Å². The first-order valence-electron chi connectivity index (χ1n) is 6.21. The molecule has 19 heavy (non-hydrogen) atoms. The predicted octanol–water partition coefficient (Wildman–Crippen LogP) is 1.28. The van der Waals surface area contributed by atoms with Crippen LogP contribution in [-0.4, -0.2) is 30.1 Å². The smallest absolute Gasteiger partial charge is 0.262 e. The van der Waals surface area contributed by atoms with Crippen LogP contribution in [0.5, 0.6) is 0 Å². The molecule has 0 aliphatic carbocycles. The Bertz CT molecular complexity index is 499. The van der Waals surface area contributed by atoms with E-state index in [1.165, 1.54) is 0 Å². The molecule has 0 bridgehead atoms. The summed E-state index contributed by atoms with van der Waals surface area (Å²) < 4.78 is 5.41. The monoisotopic (exact) mass is 257 g/mol. The van der Waals surface area contributed by atoms with Gasteiger partial charge in [-0.1, -0.05) is 0 Å². The first kappa shape index (κ1) is 13.2. The predicted molar refractivity (Wildman–Crippen MR) is 69.8 cm³/mol. The van der Waals surface area contributed by atoms with Crippen LogP contribution >= 0.6 is 0 Å². The second-order valence-corrected chi connectivity index (χ2v) is 4.30. The third kappa shape index (κ3) is 3.90. The summed E-state index contributed by atoms with van der Waals surface area (Å²) in [5.41, 5.74) is 0.864. The number of hydrogen-bond acceptors (Lipinski definition) is 4. The topological polar surface area (TPSA) is 75.0 Å². The van der Waals surface area contributed by atoms with Gasteiger partial charge in [0.2, 0.25) is 0 Å². The Kier molecular flexibility index (Phi) is 4.65. The summed E-state index contributed by atoms with van der Waals surface area (Å²) in [6, 6.07) is 5.40. The van der Waals surface area contributed by atoms with E-state index in [1.807, 2.05) is 6.07 Å². The van der Waals surface area contributed by atoms with Gasteiger partial charge in [0.15, 0.2) is 0 Å². The number of carbonyl (C=O) groups excluding carboxylic acids is 1. The summed E-state index contributed by atoms with van der Waals surface area (Å²) in [4.78, 5) is 15.7. The fourth-order valence-corrected chi connectivity index (χ4v) is 1.88. The summed E-state index contributed by atoms with van der Waals surface area (Å²) in [6.07, 6.45) is 6.84. The maximum atomic E-state index is 11.9. The SMILES string of the molecule is N#C/C(=C/c1ccncc1)C(=O)NCC1CCCO1. The zero-order valence-electron chi connectivity index (χ0n) is 10.5. The van der Waals surface area contributed by atoms with Gasteiger partial charge in [-0.3, -0.25) is 9.78 Å². The van der Waals surface area contributed by atoms with Gasteiger partial charge in [0.25, 0.3) is 5.91 Å². The third-order valence-electron chi connectivity index (χ3n) is 2.90. The van der Waals surface area contributed by atoms with E-state index in [9.17, 15) is 4.79 Å². The maximum absolute atomic E-state index is 11.9. The van der Waals surface area contributed by atoms with Crippen molar-refractivity contribution in [3.63, 3.8) is 0 Å². The molecule has 2 heterocycles. The van der Waals surface area contributed by atoms with Gasteiger partial charge in [-0.25, -0.2) is 0 Å². The van der Waals surface area contributed by atoms with Crippen molar-refractivity contribution in [2.75, 3.05) is 13.2 Å². The first-order valence-corrected chi connectivity index (χ1v) is 6.21. The van der Waals surface area contributed by atoms with E-state index in [-0.39, 0.29) is 17.6 Å². The van der Waals surface area contributed by atoms with Crippen LogP contribution in [0.25, 0.3) is 6.08 Å². The van der Waals surface area contributed by atoms with E-state index in [1.54, 1.807) is 30.6 Å². The van der Waals surface area contributed by atoms with Crippen LogP contribution in [0.4, 0.5) is 0 Å². The zero-order chi connectivity index (χ0) is 13.5. The van der Waals surface area contributed by atoms with Crippen LogP contribution in [0.2, 0.25) is 0 Å². The summed E-state index contributed by atoms with van der Waals surface area (Å²) in [6.45, 7) is 1.20. The van der Waals surface area contributed by atoms with Gasteiger partial charge in [-0.2, -0.15) is 5.26 Å². The molecule has 1 fully saturated rings. The molecule has 0 saturated carbocycles. The number of ether oxygens (including phenoxy) is 1. The van der Waals surface area contributed by atoms with E-state index >= 15 is 0 Å². The van der Waals surface area contributed by atoms with Crippen molar-refractivity contribution in [2.45, 2.75) is 18.9 Å². The average molecular weight is 257 g/mol. The lowest BCUT2D eigenvalue weighted by atomic mass is 10.1. The van der Waals surface area contributed by atoms with Gasteiger partial charge < -0.3 is 10.1 Å². The minimum Gasteiger partial charge on any atom is -0.376 e. The summed E-state index contributed by atoms with van der Waals surface area (Å²) in [5, 5.41) is 11.7. The molecule has 1 saturated heterocycles. The highest BCUT2D eigenvalue weighted by atomic mass is 16.5. The summed E-state index contributed by atoms with van der Waals surface area (Å²) in [5.74, 6) is -0.366. The lowest BCUT2D eigenvalue weighted by Gasteiger charge is -2.10. The second kappa shape index (κ2) is 6.66. The van der Waals surface area contributed by atoms with Crippen molar-refractivity contribution in [3.8, 4) is 6.07 Å². The Hall–Kier alpha value is -2.19. The molecular formula is C14H15N3O2. The first-order chi connectivity index (χ1) is 9.29. The molecule has 1 N–H and O–H groups in total. The third-order valence-corrected chi connectivity index (χ3v) is 2.90. The fraction of sp³-hybridized carbons (Fsp3) is 0.357. The van der Waals surface area contributed by atoms with Crippen molar-refractivity contribution in [1.29, 1.82) is 5.26 Å². The number of nitrogens with one attached hydrogen (secondary N) is 1. The van der Waals surface area contributed by atoms with Crippen molar-refractivity contribution >= 4 is 12.0 Å². The van der Waals surface area contributed by atoms with Gasteiger partial charge in [-0.05, 0) is 36.6 Å². The van der Waals surface area contributed by atoms with Crippen LogP contribution < -0.4 is 5.32 Å². The van der Waals surface area contributed by atoms with Crippen LogP contribution in [0.15, 0.2) is 30.1 Å². The fourth-order valence-electron chi connectivity index (χ4n) is 1.88. The molecule has 1 aromatic rings. The minimum absolute atomic E-state index is 0.0739. The Morgan fingerprint density at radius 2 is 2.37 bits per heavy atom. The highest BCUT2D eigenvalue weighted by molar-refractivity contribution is 6.01. The molecule has 1 aliphatic heterocycles. The number of hydrogen-bond donors (Lipinski definition) is 1. The normalized spacial score (nSPS) is 18.9. The highest BCUT2D eigenvalue weighted by Crippen LogP contribution is 2.11. The van der Waals surface area contributed by atoms with Gasteiger partial charge in [-0.15, -0.1) is 0 Å². The number of nitrogens with zero attached hydrogens (tertiary/aromatic N) is 2. The molecule has 5 nitrogen and oxygen atoms in total. The van der Waals surface area contributed by atoms with Gasteiger partial charge in [0.1, 0.15) is 11.6 Å². The number of aromatic nitrogens is 1. The minimum atomic E-state index is -0.366. The van der Waals surface area contributed by atoms with E-state index in [2.05, 4.69) is 10.3 Å². The van der Waals surface area contributed by atoms with Crippen molar-refractivity contribution in [3.05, 3.63) is 35.7 Å². The highest BCUT2D eigenvalue weighted by Gasteiger charge is 2.17. The molecule has 1 atom stereocenters. The Morgan fingerprint density at radius 3 is 3.00 bits per heavy atom. The zero-order valence-corrected chi connectivity index (χ0v) is 10.5. The largest absolute Gasteiger partial charge is 0.376 e. The van der Waals surface area contributed by atoms with E-state index < -0.39 is 0 Å². The summed E-state index contributed by atoms with van der Waals surface area (Å²) >= 11 is 0. The van der Waals surface area contributed by atoms with Crippen LogP contribution in [0.3, 0.4) is 0 Å². The van der Waals surface area contributed by atoms with Crippen molar-refractivity contribution < 1.29 is 9.53 Å². The molecule has 98 valence electrons. The number of carbonyl (C=O) groups is 1. The molecule has 2 rings (SSSR count). The van der Waals surface area contributed by atoms with Gasteiger partial charge in [0.05, 0.1) is 6.10 Å². The Balaban J connectivity index is 1.95. The molecule has 1 amide bonds. The quantitative estimate of drug-likeness (QED) is 0.651. The molecule has 1 unspecified atom stereocenters. The molecule has 1 aromatic heterocycles. The van der Waals surface area contributed by atoms with Crippen molar-refractivity contribution in [1.82, 2.24) is 10.3 Å². The Morgan fingerprint density at radius 1 is 1.58 bits per heavy atom. The van der Waals surface area contributed by atoms with E-state index in [4.69, 9.17) is 10.00 Å². The summed E-state index contributed by atoms with van der Waals surface area (Å²) in [7, 11) is 0. The molecular weight excluding hydrogens is 242 g/mol. The number of nitriles is 1. The number of pyridine rings is 1. The molecule has 0 radical (unpaired) electrons. The number of amides is 1. The van der Waals surface area contributed by atoms with E-state index in [0.29, 0.717) is 6.54 Å². The lowest BCUT2D eigenvalue weighted by Crippen LogP contribution is -2.32. The van der Waals surface area contributed by atoms with Crippen LogP contribution in [0, 0.1) is 11.3 Å². The van der Waals surface area contributed by atoms with E-state index in [0.717, 1.165) is 25.0 Å². The van der Waals surface area contributed by atoms with Crippen LogP contribution in [-0.2, 0) is 9.53 Å². The average Bonchev–Trinajstić information content (AvgIpc) is 2.96. The second-order valence-electron chi connectivity index (χ2n) is 4.30. The van der Waals surface area contributed by atoms with Crippen LogP contribution in [0.1, 0.15) is 18.4 Å². The molecule has 1 aliphatic rings. The molecule has 5 heteroatoms. The lowest BCUT2D eigenvalue weighted by molar-refractivity contribution is -0.117. The maximum Gasteiger partial charge on any atom is 0.262 e. The van der Waals surface area contributed by atoms with Crippen molar-refractivity contribution in [2.24, 2.45) is 0 Å². The molecule has 0 aromatic carbocycles. The van der Waals surface area contributed by atoms with Gasteiger partial charge in [0, 0.05) is 25.5 Å². The van der Waals surface area contributed by atoms with Gasteiger partial charge >= 0.3 is 0 Å². The molecule has 0 spiro atoms.